The maximum Gasteiger partial charge on any atom is 0.239 e. The predicted octanol–water partition coefficient (Wildman–Crippen LogP) is 0.573. The number of nitrogens with zero attached hydrogens (tertiary/aromatic N) is 2. The van der Waals surface area contributed by atoms with Gasteiger partial charge in [-0.3, -0.25) is 9.59 Å². The van der Waals surface area contributed by atoms with Gasteiger partial charge in [0.1, 0.15) is 5.76 Å². The van der Waals surface area contributed by atoms with Crippen molar-refractivity contribution in [2.24, 2.45) is 0 Å². The van der Waals surface area contributed by atoms with E-state index in [0.29, 0.717) is 25.9 Å². The Labute approximate surface area is 112 Å². The first-order valence-electron chi connectivity index (χ1n) is 6.54. The van der Waals surface area contributed by atoms with Crippen LogP contribution in [-0.4, -0.2) is 41.5 Å². The first-order chi connectivity index (χ1) is 9.08. The molecule has 1 saturated heterocycles. The van der Waals surface area contributed by atoms with Gasteiger partial charge in [0.15, 0.2) is 0 Å². The largest absolute Gasteiger partial charge is 0.361 e. The number of carbonyl (C=O) groups is 2. The average Bonchev–Trinajstić information content (AvgIpc) is 2.58. The fraction of sp³-hybridized carbons (Fsp3) is 0.615. The molecule has 0 aromatic carbocycles. The smallest absolute Gasteiger partial charge is 0.239 e. The van der Waals surface area contributed by atoms with Gasteiger partial charge < -0.3 is 14.7 Å². The van der Waals surface area contributed by atoms with Crippen molar-refractivity contribution in [3.63, 3.8) is 0 Å². The number of amides is 2. The minimum atomic E-state index is -0.0804. The van der Waals surface area contributed by atoms with Gasteiger partial charge in [0.05, 0.1) is 12.2 Å². The van der Waals surface area contributed by atoms with Crippen LogP contribution in [0.3, 0.4) is 0 Å². The molecule has 0 unspecified atom stereocenters. The van der Waals surface area contributed by atoms with Crippen molar-refractivity contribution in [3.8, 4) is 0 Å². The molecule has 0 aliphatic carbocycles. The van der Waals surface area contributed by atoms with Crippen LogP contribution < -0.4 is 5.32 Å². The maximum atomic E-state index is 12.1. The lowest BCUT2D eigenvalue weighted by molar-refractivity contribution is -0.135. The molecule has 6 nitrogen and oxygen atoms in total. The van der Waals surface area contributed by atoms with Crippen molar-refractivity contribution in [2.75, 3.05) is 19.6 Å². The molecule has 1 aliphatic rings. The van der Waals surface area contributed by atoms with Crippen LogP contribution in [0.5, 0.6) is 0 Å². The molecular formula is C13H19N3O3. The summed E-state index contributed by atoms with van der Waals surface area (Å²) in [5, 5.41) is 6.63. The summed E-state index contributed by atoms with van der Waals surface area (Å²) in [7, 11) is 0. The molecule has 6 heteroatoms. The third kappa shape index (κ3) is 3.33. The third-order valence-electron chi connectivity index (χ3n) is 3.38. The van der Waals surface area contributed by atoms with Gasteiger partial charge >= 0.3 is 0 Å². The van der Waals surface area contributed by atoms with Crippen LogP contribution >= 0.6 is 0 Å². The monoisotopic (exact) mass is 265 g/mol. The Balaban J connectivity index is 1.92. The molecule has 104 valence electrons. The van der Waals surface area contributed by atoms with Crippen molar-refractivity contribution >= 4 is 11.8 Å². The molecule has 2 amide bonds. The lowest BCUT2D eigenvalue weighted by atomic mass is 10.1. The second-order valence-corrected chi connectivity index (χ2v) is 4.82. The Morgan fingerprint density at radius 2 is 2.26 bits per heavy atom. The molecule has 1 N–H and O–H groups in total. The number of aromatic nitrogens is 1. The van der Waals surface area contributed by atoms with Gasteiger partial charge in [-0.15, -0.1) is 0 Å². The maximum absolute atomic E-state index is 12.1. The Morgan fingerprint density at radius 3 is 2.95 bits per heavy atom. The van der Waals surface area contributed by atoms with Gasteiger partial charge in [-0.1, -0.05) is 5.16 Å². The zero-order valence-corrected chi connectivity index (χ0v) is 11.4. The quantitative estimate of drug-likeness (QED) is 0.867. The Hall–Kier alpha value is -1.85. The number of carbonyl (C=O) groups excluding carboxylic acids is 2. The van der Waals surface area contributed by atoms with Gasteiger partial charge in [-0.25, -0.2) is 0 Å². The highest BCUT2D eigenvalue weighted by Crippen LogP contribution is 2.15. The zero-order valence-electron chi connectivity index (χ0n) is 11.4. The average molecular weight is 265 g/mol. The standard InChI is InChI=1S/C13H19N3O3/c1-9-11(10(2)19-15-9)4-5-13(18)16-7-3-6-14-12(17)8-16/h3-8H2,1-2H3,(H,14,17). The number of hydrogen-bond donors (Lipinski definition) is 1. The highest BCUT2D eigenvalue weighted by molar-refractivity contribution is 5.85. The van der Waals surface area contributed by atoms with E-state index in [1.54, 1.807) is 4.90 Å². The summed E-state index contributed by atoms with van der Waals surface area (Å²) in [5.74, 6) is 0.694. The van der Waals surface area contributed by atoms with Gasteiger partial charge in [0.2, 0.25) is 11.8 Å². The van der Waals surface area contributed by atoms with Crippen LogP contribution in [-0.2, 0) is 16.0 Å². The third-order valence-corrected chi connectivity index (χ3v) is 3.38. The first kappa shape index (κ1) is 13.6. The van der Waals surface area contributed by atoms with E-state index >= 15 is 0 Å². The minimum Gasteiger partial charge on any atom is -0.361 e. The second-order valence-electron chi connectivity index (χ2n) is 4.82. The lowest BCUT2D eigenvalue weighted by Crippen LogP contribution is -2.37. The second kappa shape index (κ2) is 5.86. The van der Waals surface area contributed by atoms with E-state index in [4.69, 9.17) is 4.52 Å². The molecule has 0 radical (unpaired) electrons. The number of aryl methyl sites for hydroxylation is 2. The van der Waals surface area contributed by atoms with Crippen LogP contribution in [0.4, 0.5) is 0 Å². The van der Waals surface area contributed by atoms with Gasteiger partial charge in [0.25, 0.3) is 0 Å². The molecule has 1 aromatic heterocycles. The molecular weight excluding hydrogens is 246 g/mol. The molecule has 19 heavy (non-hydrogen) atoms. The van der Waals surface area contributed by atoms with Crippen molar-refractivity contribution in [1.29, 1.82) is 0 Å². The fourth-order valence-electron chi connectivity index (χ4n) is 2.27. The molecule has 1 aromatic rings. The summed E-state index contributed by atoms with van der Waals surface area (Å²) < 4.78 is 5.07. The summed E-state index contributed by atoms with van der Waals surface area (Å²) in [6.07, 6.45) is 1.80. The number of hydrogen-bond acceptors (Lipinski definition) is 4. The molecule has 0 spiro atoms. The van der Waals surface area contributed by atoms with E-state index in [0.717, 1.165) is 23.4 Å². The van der Waals surface area contributed by atoms with Gasteiger partial charge in [-0.05, 0) is 26.7 Å². The van der Waals surface area contributed by atoms with Crippen molar-refractivity contribution in [3.05, 3.63) is 17.0 Å². The summed E-state index contributed by atoms with van der Waals surface area (Å²) in [5.41, 5.74) is 1.83. The van der Waals surface area contributed by atoms with Crippen LogP contribution in [0, 0.1) is 13.8 Å². The molecule has 0 bridgehead atoms. The Morgan fingerprint density at radius 1 is 1.47 bits per heavy atom. The Kier molecular flexibility index (Phi) is 4.19. The van der Waals surface area contributed by atoms with Crippen LogP contribution in [0.15, 0.2) is 4.52 Å². The minimum absolute atomic E-state index is 0.0112. The topological polar surface area (TPSA) is 75.4 Å². The van der Waals surface area contributed by atoms with Gasteiger partial charge in [-0.2, -0.15) is 0 Å². The molecule has 2 heterocycles. The SMILES string of the molecule is Cc1noc(C)c1CCC(=O)N1CCCNC(=O)C1. The van der Waals surface area contributed by atoms with Crippen LogP contribution in [0.25, 0.3) is 0 Å². The van der Waals surface area contributed by atoms with Crippen molar-refractivity contribution in [2.45, 2.75) is 33.1 Å². The van der Waals surface area contributed by atoms with E-state index in [9.17, 15) is 9.59 Å². The normalized spacial score (nSPS) is 16.1. The lowest BCUT2D eigenvalue weighted by Gasteiger charge is -2.18. The van der Waals surface area contributed by atoms with Crippen molar-refractivity contribution in [1.82, 2.24) is 15.4 Å². The molecule has 2 rings (SSSR count). The summed E-state index contributed by atoms with van der Waals surface area (Å²) >= 11 is 0. The van der Waals surface area contributed by atoms with Gasteiger partial charge in [0, 0.05) is 25.1 Å². The van der Waals surface area contributed by atoms with Crippen LogP contribution in [0.1, 0.15) is 29.9 Å². The zero-order chi connectivity index (χ0) is 13.8. The van der Waals surface area contributed by atoms with E-state index in [2.05, 4.69) is 10.5 Å². The fourth-order valence-corrected chi connectivity index (χ4v) is 2.27. The predicted molar refractivity (Wildman–Crippen MR) is 68.5 cm³/mol. The molecule has 0 atom stereocenters. The Bertz CT molecular complexity index is 462. The summed E-state index contributed by atoms with van der Waals surface area (Å²) in [6.45, 7) is 5.17. The van der Waals surface area contributed by atoms with E-state index in [-0.39, 0.29) is 18.4 Å². The molecule has 0 saturated carbocycles. The molecule has 1 aliphatic heterocycles. The highest BCUT2D eigenvalue weighted by Gasteiger charge is 2.20. The highest BCUT2D eigenvalue weighted by atomic mass is 16.5. The van der Waals surface area contributed by atoms with Crippen molar-refractivity contribution < 1.29 is 14.1 Å². The summed E-state index contributed by atoms with van der Waals surface area (Å²) in [6, 6.07) is 0. The van der Waals surface area contributed by atoms with E-state index in [1.165, 1.54) is 0 Å². The number of nitrogens with one attached hydrogen (secondary N) is 1. The first-order valence-corrected chi connectivity index (χ1v) is 6.54. The molecule has 1 fully saturated rings. The summed E-state index contributed by atoms with van der Waals surface area (Å²) in [4.78, 5) is 25.1. The number of rotatable bonds is 3. The van der Waals surface area contributed by atoms with E-state index in [1.807, 2.05) is 13.8 Å². The van der Waals surface area contributed by atoms with E-state index < -0.39 is 0 Å². The van der Waals surface area contributed by atoms with Crippen LogP contribution in [0.2, 0.25) is 0 Å².